The number of pyridine rings is 1. The summed E-state index contributed by atoms with van der Waals surface area (Å²) in [6.45, 7) is 4.89. The first-order valence-corrected chi connectivity index (χ1v) is 4.58. The first-order valence-electron chi connectivity index (χ1n) is 4.58. The van der Waals surface area contributed by atoms with Crippen LogP contribution in [-0.2, 0) is 0 Å². The number of nitrogens with zero attached hydrogens (tertiary/aromatic N) is 2. The van der Waals surface area contributed by atoms with Gasteiger partial charge in [-0.05, 0) is 18.2 Å². The summed E-state index contributed by atoms with van der Waals surface area (Å²) in [5.41, 5.74) is 1.86. The van der Waals surface area contributed by atoms with E-state index in [0.717, 1.165) is 17.9 Å². The highest BCUT2D eigenvalue weighted by Gasteiger charge is 2.06. The normalized spacial score (nSPS) is 14.4. The molecule has 1 aliphatic rings. The van der Waals surface area contributed by atoms with Gasteiger partial charge in [-0.15, -0.1) is 0 Å². The van der Waals surface area contributed by atoms with Gasteiger partial charge in [0.1, 0.15) is 0 Å². The molecule has 0 amide bonds. The smallest absolute Gasteiger partial charge is 0.0860 e. The second-order valence-electron chi connectivity index (χ2n) is 3.08. The molecule has 1 aromatic heterocycles. The lowest BCUT2D eigenvalue weighted by atomic mass is 10.2. The number of rotatable bonds is 2. The van der Waals surface area contributed by atoms with Crippen LogP contribution in [0.15, 0.2) is 55.4 Å². The molecule has 2 nitrogen and oxygen atoms in total. The Kier molecular flexibility index (Phi) is 2.45. The Morgan fingerprint density at radius 1 is 1.36 bits per heavy atom. The lowest BCUT2D eigenvalue weighted by molar-refractivity contribution is 0.585. The summed E-state index contributed by atoms with van der Waals surface area (Å²) in [5.74, 6) is 0. The lowest BCUT2D eigenvalue weighted by Gasteiger charge is -2.22. The molecule has 0 unspecified atom stereocenters. The van der Waals surface area contributed by atoms with Gasteiger partial charge in [-0.2, -0.15) is 0 Å². The summed E-state index contributed by atoms with van der Waals surface area (Å²) < 4.78 is 0. The van der Waals surface area contributed by atoms with E-state index in [1.54, 1.807) is 6.20 Å². The van der Waals surface area contributed by atoms with Gasteiger partial charge >= 0.3 is 0 Å². The molecule has 1 aromatic rings. The van der Waals surface area contributed by atoms with E-state index in [2.05, 4.69) is 22.5 Å². The van der Waals surface area contributed by atoms with E-state index in [1.165, 1.54) is 0 Å². The quantitative estimate of drug-likeness (QED) is 0.701. The first kappa shape index (κ1) is 8.75. The Hall–Kier alpha value is -1.83. The van der Waals surface area contributed by atoms with Crippen molar-refractivity contribution in [3.63, 3.8) is 0 Å². The summed E-state index contributed by atoms with van der Waals surface area (Å²) in [5, 5.41) is 0. The van der Waals surface area contributed by atoms with Crippen LogP contribution in [0.5, 0.6) is 0 Å². The van der Waals surface area contributed by atoms with E-state index in [4.69, 9.17) is 0 Å². The maximum absolute atomic E-state index is 4.25. The van der Waals surface area contributed by atoms with Crippen LogP contribution in [0.1, 0.15) is 5.69 Å². The Morgan fingerprint density at radius 3 is 2.93 bits per heavy atom. The van der Waals surface area contributed by atoms with Crippen molar-refractivity contribution in [2.45, 2.75) is 0 Å². The van der Waals surface area contributed by atoms with Crippen LogP contribution < -0.4 is 0 Å². The summed E-state index contributed by atoms with van der Waals surface area (Å²) in [6.07, 6.45) is 9.91. The minimum atomic E-state index is 0.867. The van der Waals surface area contributed by atoms with E-state index >= 15 is 0 Å². The Morgan fingerprint density at radius 2 is 2.29 bits per heavy atom. The van der Waals surface area contributed by atoms with Gasteiger partial charge in [0.15, 0.2) is 0 Å². The third kappa shape index (κ3) is 1.74. The maximum atomic E-state index is 4.25. The molecule has 0 saturated heterocycles. The monoisotopic (exact) mass is 184 g/mol. The molecular formula is C12H12N2. The molecule has 0 spiro atoms. The van der Waals surface area contributed by atoms with Gasteiger partial charge in [0.25, 0.3) is 0 Å². The van der Waals surface area contributed by atoms with Gasteiger partial charge in [-0.1, -0.05) is 24.8 Å². The highest BCUT2D eigenvalue weighted by atomic mass is 15.1. The molecule has 0 aliphatic carbocycles. The molecule has 2 heteroatoms. The molecule has 0 aromatic carbocycles. The number of hydrogen-bond donors (Lipinski definition) is 0. The number of hydrogen-bond acceptors (Lipinski definition) is 2. The lowest BCUT2D eigenvalue weighted by Crippen LogP contribution is -2.17. The zero-order chi connectivity index (χ0) is 9.80. The van der Waals surface area contributed by atoms with Crippen LogP contribution in [-0.4, -0.2) is 16.4 Å². The van der Waals surface area contributed by atoms with E-state index in [0.29, 0.717) is 0 Å². The van der Waals surface area contributed by atoms with Gasteiger partial charge in [0, 0.05) is 18.9 Å². The SMILES string of the molecule is C=C(c1ccccn1)N1C=CC=CC1. The van der Waals surface area contributed by atoms with Crippen molar-refractivity contribution in [2.75, 3.05) is 6.54 Å². The third-order valence-corrected chi connectivity index (χ3v) is 2.12. The van der Waals surface area contributed by atoms with E-state index in [-0.39, 0.29) is 0 Å². The van der Waals surface area contributed by atoms with E-state index < -0.39 is 0 Å². The van der Waals surface area contributed by atoms with E-state index in [1.807, 2.05) is 36.6 Å². The van der Waals surface area contributed by atoms with Crippen LogP contribution in [0.2, 0.25) is 0 Å². The maximum Gasteiger partial charge on any atom is 0.0860 e. The van der Waals surface area contributed by atoms with Gasteiger partial charge in [-0.3, -0.25) is 4.98 Å². The summed E-state index contributed by atoms with van der Waals surface area (Å²) in [4.78, 5) is 6.33. The molecule has 70 valence electrons. The molecule has 14 heavy (non-hydrogen) atoms. The van der Waals surface area contributed by atoms with Crippen molar-refractivity contribution in [2.24, 2.45) is 0 Å². The first-order chi connectivity index (χ1) is 6.88. The molecule has 0 atom stereocenters. The number of aromatic nitrogens is 1. The second-order valence-corrected chi connectivity index (χ2v) is 3.08. The minimum absolute atomic E-state index is 0.867. The van der Waals surface area contributed by atoms with Crippen molar-refractivity contribution >= 4 is 5.70 Å². The average Bonchev–Trinajstić information content (AvgIpc) is 2.30. The Labute approximate surface area is 83.9 Å². The molecule has 2 rings (SSSR count). The second kappa shape index (κ2) is 3.92. The Bertz CT molecular complexity index is 377. The van der Waals surface area contributed by atoms with Gasteiger partial charge < -0.3 is 4.90 Å². The van der Waals surface area contributed by atoms with Crippen molar-refractivity contribution in [3.8, 4) is 0 Å². The van der Waals surface area contributed by atoms with Crippen LogP contribution in [0.3, 0.4) is 0 Å². The average molecular weight is 184 g/mol. The Balaban J connectivity index is 2.17. The number of allylic oxidation sites excluding steroid dienone is 2. The molecule has 0 fully saturated rings. The van der Waals surface area contributed by atoms with Crippen molar-refractivity contribution in [1.29, 1.82) is 0 Å². The fourth-order valence-corrected chi connectivity index (χ4v) is 1.35. The predicted octanol–water partition coefficient (Wildman–Crippen LogP) is 2.44. The predicted molar refractivity (Wildman–Crippen MR) is 58.3 cm³/mol. The molecular weight excluding hydrogens is 172 g/mol. The summed E-state index contributed by atoms with van der Waals surface area (Å²) >= 11 is 0. The topological polar surface area (TPSA) is 16.1 Å². The fourth-order valence-electron chi connectivity index (χ4n) is 1.35. The van der Waals surface area contributed by atoms with Crippen molar-refractivity contribution < 1.29 is 0 Å². The molecule has 0 bridgehead atoms. The standard InChI is InChI=1S/C12H12N2/c1-11(12-7-3-4-8-13-12)14-9-5-2-6-10-14/h2-9H,1,10H2. The zero-order valence-electron chi connectivity index (χ0n) is 7.93. The molecule has 0 N–H and O–H groups in total. The molecule has 0 saturated carbocycles. The van der Waals surface area contributed by atoms with Gasteiger partial charge in [0.05, 0.1) is 11.4 Å². The van der Waals surface area contributed by atoms with Crippen LogP contribution in [0.4, 0.5) is 0 Å². The zero-order valence-corrected chi connectivity index (χ0v) is 7.93. The highest BCUT2D eigenvalue weighted by molar-refractivity contribution is 5.59. The van der Waals surface area contributed by atoms with Gasteiger partial charge in [-0.25, -0.2) is 0 Å². The minimum Gasteiger partial charge on any atom is -0.343 e. The highest BCUT2D eigenvalue weighted by Crippen LogP contribution is 2.16. The van der Waals surface area contributed by atoms with Crippen molar-refractivity contribution in [1.82, 2.24) is 9.88 Å². The van der Waals surface area contributed by atoms with Crippen LogP contribution in [0, 0.1) is 0 Å². The molecule has 0 radical (unpaired) electrons. The van der Waals surface area contributed by atoms with Gasteiger partial charge in [0.2, 0.25) is 0 Å². The van der Waals surface area contributed by atoms with Crippen LogP contribution in [0.25, 0.3) is 5.70 Å². The van der Waals surface area contributed by atoms with E-state index in [9.17, 15) is 0 Å². The van der Waals surface area contributed by atoms with Crippen molar-refractivity contribution in [3.05, 3.63) is 61.1 Å². The summed E-state index contributed by atoms with van der Waals surface area (Å²) in [6, 6.07) is 5.84. The van der Waals surface area contributed by atoms with Crippen LogP contribution >= 0.6 is 0 Å². The fraction of sp³-hybridized carbons (Fsp3) is 0.0833. The summed E-state index contributed by atoms with van der Waals surface area (Å²) in [7, 11) is 0. The molecule has 1 aliphatic heterocycles. The largest absolute Gasteiger partial charge is 0.343 e. The third-order valence-electron chi connectivity index (χ3n) is 2.12. The molecule has 2 heterocycles.